The van der Waals surface area contributed by atoms with Crippen LogP contribution in [-0.4, -0.2) is 70.9 Å². The highest BCUT2D eigenvalue weighted by Gasteiger charge is 2.40. The quantitative estimate of drug-likeness (QED) is 0.494. The number of hydrogen-bond donors (Lipinski definition) is 2. The summed E-state index contributed by atoms with van der Waals surface area (Å²) in [5.41, 5.74) is 1.01. The van der Waals surface area contributed by atoms with Crippen LogP contribution in [0.4, 0.5) is 9.18 Å². The number of carbonyl (C=O) groups excluding carboxylic acids is 4. The molecule has 226 valence electrons. The Morgan fingerprint density at radius 2 is 1.60 bits per heavy atom. The van der Waals surface area contributed by atoms with Crippen molar-refractivity contribution in [1.29, 1.82) is 0 Å². The van der Waals surface area contributed by atoms with Gasteiger partial charge in [0, 0.05) is 38.5 Å². The maximum absolute atomic E-state index is 13.3. The molecule has 2 aliphatic heterocycles. The molecule has 2 fully saturated rings. The Bertz CT molecular complexity index is 1240. The molecule has 10 heteroatoms. The maximum atomic E-state index is 13.3. The highest BCUT2D eigenvalue weighted by molar-refractivity contribution is 5.89. The van der Waals surface area contributed by atoms with Crippen LogP contribution in [-0.2, 0) is 32.1 Å². The van der Waals surface area contributed by atoms with Crippen LogP contribution in [0.1, 0.15) is 57.6 Å². The first-order chi connectivity index (χ1) is 20.0. The summed E-state index contributed by atoms with van der Waals surface area (Å²) in [6.07, 6.45) is 2.10. The molecule has 2 aromatic rings. The Balaban J connectivity index is 1.33. The standard InChI is InChI=1S/C32H41FN4O5/c1-32(2,3)42-31(41)37-17-7-10-27(37)30(40)36-18-15-24(16-19-36)28(38)35-26(20-22-8-5-4-6-9-22)29(39)34-21-23-11-13-25(33)14-12-23/h4-6,8-9,11-14,24,26-27H,7,10,15-21H2,1-3H3,(H,34,39)(H,35,38)/t26-,27-/m0/s1. The van der Waals surface area contributed by atoms with Crippen molar-refractivity contribution in [2.24, 2.45) is 5.92 Å². The SMILES string of the molecule is CC(C)(C)OC(=O)N1CCC[C@H]1C(=O)N1CCC(C(=O)N[C@@H](Cc2ccccc2)C(=O)NCc2ccc(F)cc2)CC1. The Labute approximate surface area is 246 Å². The third-order valence-corrected chi connectivity index (χ3v) is 7.64. The van der Waals surface area contributed by atoms with Crippen molar-refractivity contribution in [3.05, 3.63) is 71.5 Å². The molecular weight excluding hydrogens is 539 g/mol. The van der Waals surface area contributed by atoms with Gasteiger partial charge in [-0.1, -0.05) is 42.5 Å². The van der Waals surface area contributed by atoms with Crippen molar-refractivity contribution in [1.82, 2.24) is 20.4 Å². The fraction of sp³-hybridized carbons (Fsp3) is 0.500. The number of halogens is 1. The molecule has 0 bridgehead atoms. The summed E-state index contributed by atoms with van der Waals surface area (Å²) in [5, 5.41) is 5.80. The second-order valence-corrected chi connectivity index (χ2v) is 12.0. The number of ether oxygens (including phenoxy) is 1. The zero-order valence-corrected chi connectivity index (χ0v) is 24.6. The number of piperidine rings is 1. The highest BCUT2D eigenvalue weighted by Crippen LogP contribution is 2.25. The van der Waals surface area contributed by atoms with Gasteiger partial charge in [0.1, 0.15) is 23.5 Å². The van der Waals surface area contributed by atoms with E-state index in [0.717, 1.165) is 17.5 Å². The molecule has 42 heavy (non-hydrogen) atoms. The molecule has 2 aromatic carbocycles. The first-order valence-electron chi connectivity index (χ1n) is 14.6. The summed E-state index contributed by atoms with van der Waals surface area (Å²) < 4.78 is 18.7. The smallest absolute Gasteiger partial charge is 0.410 e. The van der Waals surface area contributed by atoms with Crippen LogP contribution in [0.5, 0.6) is 0 Å². The molecule has 4 rings (SSSR count). The average Bonchev–Trinajstić information content (AvgIpc) is 3.46. The predicted molar refractivity (Wildman–Crippen MR) is 156 cm³/mol. The summed E-state index contributed by atoms with van der Waals surface area (Å²) in [4.78, 5) is 55.7. The molecule has 0 unspecified atom stereocenters. The van der Waals surface area contributed by atoms with Gasteiger partial charge in [-0.05, 0) is 69.7 Å². The molecule has 2 atom stereocenters. The molecule has 0 aliphatic carbocycles. The van der Waals surface area contributed by atoms with E-state index in [2.05, 4.69) is 10.6 Å². The zero-order chi connectivity index (χ0) is 30.3. The van der Waals surface area contributed by atoms with Gasteiger partial charge in [-0.2, -0.15) is 0 Å². The Hall–Kier alpha value is -3.95. The van der Waals surface area contributed by atoms with Gasteiger partial charge < -0.3 is 20.3 Å². The second-order valence-electron chi connectivity index (χ2n) is 12.0. The van der Waals surface area contributed by atoms with Crippen LogP contribution in [0.15, 0.2) is 54.6 Å². The van der Waals surface area contributed by atoms with Crippen molar-refractivity contribution < 1.29 is 28.3 Å². The van der Waals surface area contributed by atoms with E-state index in [4.69, 9.17) is 4.74 Å². The van der Waals surface area contributed by atoms with E-state index in [1.165, 1.54) is 17.0 Å². The predicted octanol–water partition coefficient (Wildman–Crippen LogP) is 3.81. The number of amides is 4. The topological polar surface area (TPSA) is 108 Å². The lowest BCUT2D eigenvalue weighted by Crippen LogP contribution is -2.53. The van der Waals surface area contributed by atoms with Crippen molar-refractivity contribution in [3.8, 4) is 0 Å². The van der Waals surface area contributed by atoms with E-state index in [0.29, 0.717) is 45.3 Å². The van der Waals surface area contributed by atoms with Crippen LogP contribution >= 0.6 is 0 Å². The van der Waals surface area contributed by atoms with Crippen LogP contribution in [0.3, 0.4) is 0 Å². The van der Waals surface area contributed by atoms with Gasteiger partial charge >= 0.3 is 6.09 Å². The number of likely N-dealkylation sites (tertiary alicyclic amines) is 2. The molecular formula is C32H41FN4O5. The van der Waals surface area contributed by atoms with Crippen LogP contribution in [0.2, 0.25) is 0 Å². The highest BCUT2D eigenvalue weighted by atomic mass is 19.1. The summed E-state index contributed by atoms with van der Waals surface area (Å²) >= 11 is 0. The summed E-state index contributed by atoms with van der Waals surface area (Å²) in [6, 6.07) is 14.0. The van der Waals surface area contributed by atoms with E-state index in [1.807, 2.05) is 30.3 Å². The van der Waals surface area contributed by atoms with Gasteiger partial charge in [0.25, 0.3) is 0 Å². The minimum atomic E-state index is -0.791. The van der Waals surface area contributed by atoms with Gasteiger partial charge in [0.2, 0.25) is 17.7 Å². The van der Waals surface area contributed by atoms with Crippen molar-refractivity contribution >= 4 is 23.8 Å². The molecule has 9 nitrogen and oxygen atoms in total. The minimum Gasteiger partial charge on any atom is -0.444 e. The van der Waals surface area contributed by atoms with Gasteiger partial charge in [-0.15, -0.1) is 0 Å². The third kappa shape index (κ3) is 8.53. The van der Waals surface area contributed by atoms with Crippen molar-refractivity contribution in [2.75, 3.05) is 19.6 Å². The molecule has 0 spiro atoms. The summed E-state index contributed by atoms with van der Waals surface area (Å²) in [5.74, 6) is -1.36. The first kappa shape index (κ1) is 31.0. The molecule has 0 aromatic heterocycles. The number of rotatable bonds is 8. The lowest BCUT2D eigenvalue weighted by molar-refractivity contribution is -0.139. The Kier molecular flexibility index (Phi) is 10.2. The van der Waals surface area contributed by atoms with Gasteiger partial charge in [0.05, 0.1) is 0 Å². The molecule has 2 N–H and O–H groups in total. The number of carbonyl (C=O) groups is 4. The van der Waals surface area contributed by atoms with Crippen LogP contribution < -0.4 is 10.6 Å². The summed E-state index contributed by atoms with van der Waals surface area (Å²) in [7, 11) is 0. The minimum absolute atomic E-state index is 0.112. The van der Waals surface area contributed by atoms with E-state index in [1.54, 1.807) is 37.8 Å². The lowest BCUT2D eigenvalue weighted by atomic mass is 9.94. The molecule has 0 radical (unpaired) electrons. The number of nitrogens with one attached hydrogen (secondary N) is 2. The molecule has 2 aliphatic rings. The van der Waals surface area contributed by atoms with E-state index in [9.17, 15) is 23.6 Å². The van der Waals surface area contributed by atoms with Crippen molar-refractivity contribution in [3.63, 3.8) is 0 Å². The Morgan fingerprint density at radius 1 is 0.929 bits per heavy atom. The molecule has 2 heterocycles. The molecule has 4 amide bonds. The van der Waals surface area contributed by atoms with E-state index >= 15 is 0 Å². The fourth-order valence-electron chi connectivity index (χ4n) is 5.40. The monoisotopic (exact) mass is 580 g/mol. The average molecular weight is 581 g/mol. The number of nitrogens with zero attached hydrogens (tertiary/aromatic N) is 2. The first-order valence-corrected chi connectivity index (χ1v) is 14.6. The molecule has 2 saturated heterocycles. The van der Waals surface area contributed by atoms with Gasteiger partial charge in [-0.3, -0.25) is 19.3 Å². The normalized spacial score (nSPS) is 18.3. The third-order valence-electron chi connectivity index (χ3n) is 7.64. The van der Waals surface area contributed by atoms with Crippen molar-refractivity contribution in [2.45, 2.75) is 77.1 Å². The van der Waals surface area contributed by atoms with Gasteiger partial charge in [-0.25, -0.2) is 9.18 Å². The number of hydrogen-bond acceptors (Lipinski definition) is 5. The maximum Gasteiger partial charge on any atom is 0.410 e. The largest absolute Gasteiger partial charge is 0.444 e. The van der Waals surface area contributed by atoms with Crippen LogP contribution in [0.25, 0.3) is 0 Å². The molecule has 0 saturated carbocycles. The van der Waals surface area contributed by atoms with E-state index < -0.39 is 23.8 Å². The summed E-state index contributed by atoms with van der Waals surface area (Å²) in [6.45, 7) is 6.89. The second kappa shape index (κ2) is 13.8. The van der Waals surface area contributed by atoms with Crippen LogP contribution in [0, 0.1) is 11.7 Å². The Morgan fingerprint density at radius 3 is 2.24 bits per heavy atom. The van der Waals surface area contributed by atoms with Gasteiger partial charge in [0.15, 0.2) is 0 Å². The zero-order valence-electron chi connectivity index (χ0n) is 24.6. The van der Waals surface area contributed by atoms with E-state index in [-0.39, 0.29) is 36.0 Å². The number of benzene rings is 2. The lowest BCUT2D eigenvalue weighted by Gasteiger charge is -2.35. The fourth-order valence-corrected chi connectivity index (χ4v) is 5.40.